The lowest BCUT2D eigenvalue weighted by molar-refractivity contribution is -0.123. The number of amides is 1. The Balaban J connectivity index is 1.39. The van der Waals surface area contributed by atoms with Crippen LogP contribution in [0.15, 0.2) is 72.8 Å². The third kappa shape index (κ3) is 6.86. The molecule has 0 fully saturated rings. The lowest BCUT2D eigenvalue weighted by Gasteiger charge is -2.17. The van der Waals surface area contributed by atoms with E-state index in [1.54, 1.807) is 31.4 Å². The molecule has 0 saturated carbocycles. The van der Waals surface area contributed by atoms with E-state index in [1.165, 1.54) is 0 Å². The van der Waals surface area contributed by atoms with Gasteiger partial charge in [0.2, 0.25) is 0 Å². The second kappa shape index (κ2) is 13.0. The van der Waals surface area contributed by atoms with Crippen LogP contribution in [-0.2, 0) is 11.3 Å². The summed E-state index contributed by atoms with van der Waals surface area (Å²) in [5.74, 6) is 2.53. The first-order valence-corrected chi connectivity index (χ1v) is 12.9. The molecule has 0 bridgehead atoms. The number of halogens is 1. The van der Waals surface area contributed by atoms with Crippen molar-refractivity contribution in [2.24, 2.45) is 0 Å². The van der Waals surface area contributed by atoms with Gasteiger partial charge in [-0.1, -0.05) is 42.0 Å². The maximum absolute atomic E-state index is 12.6. The second-order valence-electron chi connectivity index (χ2n) is 8.75. The number of nitrogens with zero attached hydrogens (tertiary/aromatic N) is 2. The van der Waals surface area contributed by atoms with Gasteiger partial charge in [0.1, 0.15) is 11.6 Å². The first-order valence-electron chi connectivity index (χ1n) is 12.5. The zero-order chi connectivity index (χ0) is 26.9. The van der Waals surface area contributed by atoms with Gasteiger partial charge in [-0.05, 0) is 74.4 Å². The summed E-state index contributed by atoms with van der Waals surface area (Å²) in [6.07, 6.45) is 4.74. The van der Waals surface area contributed by atoms with Crippen molar-refractivity contribution in [3.8, 4) is 17.2 Å². The summed E-state index contributed by atoms with van der Waals surface area (Å²) in [6.45, 7) is 4.98. The molecule has 38 heavy (non-hydrogen) atoms. The molecule has 0 radical (unpaired) electrons. The van der Waals surface area contributed by atoms with Crippen LogP contribution in [0.5, 0.6) is 17.2 Å². The van der Waals surface area contributed by atoms with Gasteiger partial charge in [0, 0.05) is 11.6 Å². The number of para-hydroxylation sites is 2. The highest BCUT2D eigenvalue weighted by molar-refractivity contribution is 6.30. The van der Waals surface area contributed by atoms with Gasteiger partial charge in [-0.3, -0.25) is 4.79 Å². The third-order valence-corrected chi connectivity index (χ3v) is 6.21. The number of aryl methyl sites for hydroxylation is 1. The fourth-order valence-electron chi connectivity index (χ4n) is 4.19. The van der Waals surface area contributed by atoms with Crippen molar-refractivity contribution in [3.05, 3.63) is 89.2 Å². The number of nitrogens with one attached hydrogen (secondary N) is 1. The first kappa shape index (κ1) is 27.1. The zero-order valence-corrected chi connectivity index (χ0v) is 22.6. The van der Waals surface area contributed by atoms with Gasteiger partial charge in [0.15, 0.2) is 18.1 Å². The van der Waals surface area contributed by atoms with Crippen molar-refractivity contribution in [2.45, 2.75) is 32.9 Å². The number of ether oxygens (including phenoxy) is 3. The molecule has 7 nitrogen and oxygen atoms in total. The molecule has 0 aliphatic carbocycles. The Kier molecular flexibility index (Phi) is 9.27. The molecule has 1 amide bonds. The molecular weight excluding hydrogens is 502 g/mol. The van der Waals surface area contributed by atoms with Crippen molar-refractivity contribution in [2.75, 3.05) is 20.3 Å². The van der Waals surface area contributed by atoms with Crippen molar-refractivity contribution in [1.82, 2.24) is 14.9 Å². The van der Waals surface area contributed by atoms with Crippen LogP contribution in [0.2, 0.25) is 5.02 Å². The maximum atomic E-state index is 12.6. The van der Waals surface area contributed by atoms with Gasteiger partial charge in [0.05, 0.1) is 30.8 Å². The van der Waals surface area contributed by atoms with E-state index in [1.807, 2.05) is 68.5 Å². The minimum atomic E-state index is -0.316. The maximum Gasteiger partial charge on any atom is 0.258 e. The van der Waals surface area contributed by atoms with Gasteiger partial charge < -0.3 is 24.1 Å². The lowest BCUT2D eigenvalue weighted by Crippen LogP contribution is -2.32. The smallest absolute Gasteiger partial charge is 0.258 e. The van der Waals surface area contributed by atoms with E-state index < -0.39 is 0 Å². The van der Waals surface area contributed by atoms with Crippen LogP contribution in [0.1, 0.15) is 37.7 Å². The summed E-state index contributed by atoms with van der Waals surface area (Å²) in [7, 11) is 1.64. The number of carbonyl (C=O) groups excluding carboxylic acids is 1. The molecule has 8 heteroatoms. The van der Waals surface area contributed by atoms with E-state index >= 15 is 0 Å². The Morgan fingerprint density at radius 1 is 1.08 bits per heavy atom. The summed E-state index contributed by atoms with van der Waals surface area (Å²) in [4.78, 5) is 17.4. The summed E-state index contributed by atoms with van der Waals surface area (Å²) >= 11 is 5.91. The molecule has 1 heterocycles. The zero-order valence-electron chi connectivity index (χ0n) is 21.8. The number of aromatic nitrogens is 2. The average Bonchev–Trinajstić information content (AvgIpc) is 3.30. The number of fused-ring (bicyclic) bond motifs is 1. The van der Waals surface area contributed by atoms with Crippen LogP contribution in [0.3, 0.4) is 0 Å². The van der Waals surface area contributed by atoms with E-state index in [0.29, 0.717) is 35.4 Å². The molecule has 1 aromatic heterocycles. The minimum absolute atomic E-state index is 0.102. The molecule has 0 spiro atoms. The van der Waals surface area contributed by atoms with Crippen LogP contribution in [0.25, 0.3) is 17.1 Å². The van der Waals surface area contributed by atoms with E-state index in [9.17, 15) is 4.79 Å². The topological polar surface area (TPSA) is 74.6 Å². The highest BCUT2D eigenvalue weighted by Crippen LogP contribution is 2.29. The molecule has 0 aliphatic rings. The number of methoxy groups -OCH3 is 1. The molecule has 4 aromatic rings. The van der Waals surface area contributed by atoms with Gasteiger partial charge in [0.25, 0.3) is 5.91 Å². The summed E-state index contributed by atoms with van der Waals surface area (Å²) in [6, 6.07) is 20.4. The van der Waals surface area contributed by atoms with Gasteiger partial charge in [-0.25, -0.2) is 4.98 Å². The van der Waals surface area contributed by atoms with E-state index in [2.05, 4.69) is 9.88 Å². The largest absolute Gasteiger partial charge is 0.493 e. The van der Waals surface area contributed by atoms with Gasteiger partial charge >= 0.3 is 0 Å². The van der Waals surface area contributed by atoms with Crippen LogP contribution in [0.4, 0.5) is 0 Å². The van der Waals surface area contributed by atoms with Crippen molar-refractivity contribution < 1.29 is 19.0 Å². The molecule has 4 rings (SSSR count). The number of rotatable bonds is 12. The van der Waals surface area contributed by atoms with Crippen molar-refractivity contribution >= 4 is 34.6 Å². The molecule has 1 N–H and O–H groups in total. The Bertz CT molecular complexity index is 1400. The average molecular weight is 534 g/mol. The number of benzene rings is 3. The quantitative estimate of drug-likeness (QED) is 0.212. The van der Waals surface area contributed by atoms with Crippen LogP contribution < -0.4 is 19.5 Å². The van der Waals surface area contributed by atoms with Crippen molar-refractivity contribution in [3.63, 3.8) is 0 Å². The van der Waals surface area contributed by atoms with Crippen molar-refractivity contribution in [1.29, 1.82) is 0 Å². The highest BCUT2D eigenvalue weighted by Gasteiger charge is 2.19. The normalized spacial score (nSPS) is 12.0. The summed E-state index contributed by atoms with van der Waals surface area (Å²) < 4.78 is 19.3. The predicted octanol–water partition coefficient (Wildman–Crippen LogP) is 6.46. The summed E-state index contributed by atoms with van der Waals surface area (Å²) in [5, 5.41) is 3.61. The molecule has 0 aliphatic heterocycles. The number of hydrogen-bond acceptors (Lipinski definition) is 5. The highest BCUT2D eigenvalue weighted by atomic mass is 35.5. The second-order valence-corrected chi connectivity index (χ2v) is 9.19. The molecule has 198 valence electrons. The minimum Gasteiger partial charge on any atom is -0.493 e. The standard InChI is InChI=1S/C30H32ClN3O4/c1-4-8-22-11-16-27(28(19-22)36-3)37-18-7-17-34-26-10-6-5-9-25(26)33-30(34)21(2)32-29(35)20-38-24-14-12-23(31)13-15-24/h4-6,8-16,19,21H,7,17-18,20H2,1-3H3,(H,32,35)/b8-4+. The van der Waals surface area contributed by atoms with Crippen LogP contribution in [-0.4, -0.2) is 35.8 Å². The Morgan fingerprint density at radius 2 is 1.87 bits per heavy atom. The molecular formula is C30H32ClN3O4. The SMILES string of the molecule is C/C=C/c1ccc(OCCCn2c(C(C)NC(=O)COc3ccc(Cl)cc3)nc3ccccc32)c(OC)c1. The number of hydrogen-bond donors (Lipinski definition) is 1. The third-order valence-electron chi connectivity index (χ3n) is 5.96. The number of carbonyl (C=O) groups is 1. The van der Waals surface area contributed by atoms with E-state index in [-0.39, 0.29) is 18.6 Å². The Morgan fingerprint density at radius 3 is 2.63 bits per heavy atom. The number of imidazole rings is 1. The summed E-state index contributed by atoms with van der Waals surface area (Å²) in [5.41, 5.74) is 2.94. The monoisotopic (exact) mass is 533 g/mol. The fraction of sp³-hybridized carbons (Fsp3) is 0.267. The van der Waals surface area contributed by atoms with E-state index in [4.69, 9.17) is 30.8 Å². The first-order chi connectivity index (χ1) is 18.5. The molecule has 0 saturated heterocycles. The lowest BCUT2D eigenvalue weighted by atomic mass is 10.2. The Labute approximate surface area is 228 Å². The van der Waals surface area contributed by atoms with E-state index in [0.717, 1.165) is 28.8 Å². The predicted molar refractivity (Wildman–Crippen MR) is 151 cm³/mol. The van der Waals surface area contributed by atoms with Gasteiger partial charge in [-0.15, -0.1) is 0 Å². The molecule has 3 aromatic carbocycles. The Hall–Kier alpha value is -3.97. The van der Waals surface area contributed by atoms with Crippen LogP contribution in [0, 0.1) is 0 Å². The molecule has 1 atom stereocenters. The number of allylic oxidation sites excluding steroid dienone is 1. The van der Waals surface area contributed by atoms with Gasteiger partial charge in [-0.2, -0.15) is 0 Å². The fourth-order valence-corrected chi connectivity index (χ4v) is 4.32. The molecule has 1 unspecified atom stereocenters. The van der Waals surface area contributed by atoms with Crippen LogP contribution >= 0.6 is 11.6 Å².